The SMILES string of the molecule is CC1CN(C)CCCN1CCC1CCCC1N. The Morgan fingerprint density at radius 2 is 2.00 bits per heavy atom. The summed E-state index contributed by atoms with van der Waals surface area (Å²) in [5, 5.41) is 0. The molecule has 1 aliphatic carbocycles. The molecule has 3 unspecified atom stereocenters. The number of hydrogen-bond donors (Lipinski definition) is 1. The minimum Gasteiger partial charge on any atom is -0.327 e. The zero-order valence-electron chi connectivity index (χ0n) is 11.6. The maximum Gasteiger partial charge on any atom is 0.0194 e. The van der Waals surface area contributed by atoms with Crippen molar-refractivity contribution in [3.8, 4) is 0 Å². The van der Waals surface area contributed by atoms with Gasteiger partial charge in [0.2, 0.25) is 0 Å². The lowest BCUT2D eigenvalue weighted by molar-refractivity contribution is 0.187. The standard InChI is InChI=1S/C14H29N3/c1-12-11-16(2)8-4-9-17(12)10-7-13-5-3-6-14(13)15/h12-14H,3-11,15H2,1-2H3. The molecule has 1 aliphatic heterocycles. The summed E-state index contributed by atoms with van der Waals surface area (Å²) in [6.07, 6.45) is 6.60. The molecule has 2 fully saturated rings. The van der Waals surface area contributed by atoms with Crippen LogP contribution in [0.1, 0.15) is 39.0 Å². The van der Waals surface area contributed by atoms with E-state index in [0.717, 1.165) is 5.92 Å². The van der Waals surface area contributed by atoms with Crippen LogP contribution in [0.5, 0.6) is 0 Å². The Bertz CT molecular complexity index is 232. The van der Waals surface area contributed by atoms with Crippen LogP contribution in [-0.2, 0) is 0 Å². The van der Waals surface area contributed by atoms with E-state index in [2.05, 4.69) is 23.8 Å². The Hall–Kier alpha value is -0.120. The van der Waals surface area contributed by atoms with Crippen LogP contribution in [0.4, 0.5) is 0 Å². The molecule has 0 aromatic rings. The van der Waals surface area contributed by atoms with Gasteiger partial charge in [0.15, 0.2) is 0 Å². The van der Waals surface area contributed by atoms with Crippen LogP contribution in [0.25, 0.3) is 0 Å². The third kappa shape index (κ3) is 3.67. The van der Waals surface area contributed by atoms with E-state index in [-0.39, 0.29) is 0 Å². The van der Waals surface area contributed by atoms with Gasteiger partial charge in [0.25, 0.3) is 0 Å². The molecule has 3 nitrogen and oxygen atoms in total. The molecule has 0 radical (unpaired) electrons. The summed E-state index contributed by atoms with van der Waals surface area (Å²) in [5.74, 6) is 0.795. The number of likely N-dealkylation sites (N-methyl/N-ethyl adjacent to an activating group) is 1. The summed E-state index contributed by atoms with van der Waals surface area (Å²) in [4.78, 5) is 5.14. The third-order valence-corrected chi connectivity index (χ3v) is 4.69. The minimum atomic E-state index is 0.486. The van der Waals surface area contributed by atoms with Crippen LogP contribution in [0, 0.1) is 5.92 Å². The first kappa shape index (κ1) is 13.3. The molecule has 2 rings (SSSR count). The fraction of sp³-hybridized carbons (Fsp3) is 1.00. The molecule has 0 aromatic heterocycles. The van der Waals surface area contributed by atoms with Crippen molar-refractivity contribution in [1.82, 2.24) is 9.80 Å². The first-order chi connectivity index (χ1) is 8.16. The Morgan fingerprint density at radius 1 is 1.18 bits per heavy atom. The van der Waals surface area contributed by atoms with E-state index >= 15 is 0 Å². The van der Waals surface area contributed by atoms with Crippen molar-refractivity contribution >= 4 is 0 Å². The highest BCUT2D eigenvalue weighted by molar-refractivity contribution is 4.82. The number of nitrogens with zero attached hydrogens (tertiary/aromatic N) is 2. The van der Waals surface area contributed by atoms with Crippen molar-refractivity contribution in [2.45, 2.75) is 51.1 Å². The van der Waals surface area contributed by atoms with E-state index in [0.29, 0.717) is 12.1 Å². The highest BCUT2D eigenvalue weighted by atomic mass is 15.2. The maximum atomic E-state index is 6.16. The second-order valence-electron chi connectivity index (χ2n) is 6.14. The first-order valence-corrected chi connectivity index (χ1v) is 7.35. The quantitative estimate of drug-likeness (QED) is 0.811. The summed E-state index contributed by atoms with van der Waals surface area (Å²) in [5.41, 5.74) is 6.16. The van der Waals surface area contributed by atoms with Gasteiger partial charge < -0.3 is 10.6 Å². The Balaban J connectivity index is 1.77. The lowest BCUT2D eigenvalue weighted by atomic mass is 9.99. The van der Waals surface area contributed by atoms with Gasteiger partial charge in [-0.2, -0.15) is 0 Å². The normalized spacial score (nSPS) is 37.2. The smallest absolute Gasteiger partial charge is 0.0194 e. The number of hydrogen-bond acceptors (Lipinski definition) is 3. The molecule has 2 aliphatic rings. The van der Waals surface area contributed by atoms with Gasteiger partial charge >= 0.3 is 0 Å². The lowest BCUT2D eigenvalue weighted by Gasteiger charge is -2.29. The Morgan fingerprint density at radius 3 is 2.71 bits per heavy atom. The summed E-state index contributed by atoms with van der Waals surface area (Å²) < 4.78 is 0. The van der Waals surface area contributed by atoms with Crippen molar-refractivity contribution < 1.29 is 0 Å². The van der Waals surface area contributed by atoms with Crippen molar-refractivity contribution in [3.63, 3.8) is 0 Å². The summed E-state index contributed by atoms with van der Waals surface area (Å²) in [6, 6.07) is 1.19. The molecular weight excluding hydrogens is 210 g/mol. The second-order valence-corrected chi connectivity index (χ2v) is 6.14. The molecule has 1 heterocycles. The summed E-state index contributed by atoms with van der Waals surface area (Å²) in [6.45, 7) is 7.37. The molecule has 1 saturated carbocycles. The molecular formula is C14H29N3. The average Bonchev–Trinajstić information content (AvgIpc) is 2.61. The monoisotopic (exact) mass is 239 g/mol. The van der Waals surface area contributed by atoms with Crippen molar-refractivity contribution in [2.75, 3.05) is 33.2 Å². The van der Waals surface area contributed by atoms with E-state index in [9.17, 15) is 0 Å². The predicted octanol–water partition coefficient (Wildman–Crippen LogP) is 1.53. The molecule has 2 N–H and O–H groups in total. The fourth-order valence-electron chi connectivity index (χ4n) is 3.51. The molecule has 0 amide bonds. The average molecular weight is 239 g/mol. The van der Waals surface area contributed by atoms with Gasteiger partial charge in [-0.25, -0.2) is 0 Å². The van der Waals surface area contributed by atoms with Crippen LogP contribution in [-0.4, -0.2) is 55.1 Å². The molecule has 0 bridgehead atoms. The van der Waals surface area contributed by atoms with Gasteiger partial charge in [-0.15, -0.1) is 0 Å². The zero-order valence-corrected chi connectivity index (χ0v) is 11.6. The predicted molar refractivity (Wildman–Crippen MR) is 73.1 cm³/mol. The van der Waals surface area contributed by atoms with Crippen LogP contribution < -0.4 is 5.73 Å². The number of rotatable bonds is 3. The fourth-order valence-corrected chi connectivity index (χ4v) is 3.51. The van der Waals surface area contributed by atoms with Crippen molar-refractivity contribution in [3.05, 3.63) is 0 Å². The van der Waals surface area contributed by atoms with Gasteiger partial charge in [0.1, 0.15) is 0 Å². The van der Waals surface area contributed by atoms with Gasteiger partial charge in [-0.05, 0) is 65.2 Å². The van der Waals surface area contributed by atoms with Gasteiger partial charge in [-0.1, -0.05) is 6.42 Å². The molecule has 17 heavy (non-hydrogen) atoms. The Kier molecular flexibility index (Phi) is 4.83. The lowest BCUT2D eigenvalue weighted by Crippen LogP contribution is -2.39. The van der Waals surface area contributed by atoms with E-state index in [1.165, 1.54) is 58.3 Å². The van der Waals surface area contributed by atoms with Gasteiger partial charge in [0, 0.05) is 18.6 Å². The van der Waals surface area contributed by atoms with Crippen LogP contribution in [0.15, 0.2) is 0 Å². The Labute approximate surface area is 106 Å². The molecule has 3 atom stereocenters. The zero-order chi connectivity index (χ0) is 12.3. The highest BCUT2D eigenvalue weighted by Gasteiger charge is 2.26. The summed E-state index contributed by atoms with van der Waals surface area (Å²) in [7, 11) is 2.24. The molecule has 100 valence electrons. The minimum absolute atomic E-state index is 0.486. The van der Waals surface area contributed by atoms with E-state index < -0.39 is 0 Å². The van der Waals surface area contributed by atoms with E-state index in [1.54, 1.807) is 0 Å². The van der Waals surface area contributed by atoms with Crippen molar-refractivity contribution in [1.29, 1.82) is 0 Å². The number of nitrogens with two attached hydrogens (primary N) is 1. The van der Waals surface area contributed by atoms with Crippen molar-refractivity contribution in [2.24, 2.45) is 11.7 Å². The van der Waals surface area contributed by atoms with Crippen LogP contribution >= 0.6 is 0 Å². The molecule has 1 saturated heterocycles. The van der Waals surface area contributed by atoms with E-state index in [4.69, 9.17) is 5.73 Å². The first-order valence-electron chi connectivity index (χ1n) is 7.35. The van der Waals surface area contributed by atoms with E-state index in [1.807, 2.05) is 0 Å². The van der Waals surface area contributed by atoms with Gasteiger partial charge in [-0.3, -0.25) is 4.90 Å². The maximum absolute atomic E-state index is 6.16. The second kappa shape index (κ2) is 6.17. The molecule has 0 spiro atoms. The molecule has 3 heteroatoms. The van der Waals surface area contributed by atoms with Gasteiger partial charge in [0.05, 0.1) is 0 Å². The third-order valence-electron chi connectivity index (χ3n) is 4.69. The summed E-state index contributed by atoms with van der Waals surface area (Å²) >= 11 is 0. The van der Waals surface area contributed by atoms with Crippen LogP contribution in [0.2, 0.25) is 0 Å². The topological polar surface area (TPSA) is 32.5 Å². The largest absolute Gasteiger partial charge is 0.327 e. The van der Waals surface area contributed by atoms with Crippen LogP contribution in [0.3, 0.4) is 0 Å². The highest BCUT2D eigenvalue weighted by Crippen LogP contribution is 2.27. The molecule has 0 aromatic carbocycles.